The van der Waals surface area contributed by atoms with Crippen LogP contribution in [-0.4, -0.2) is 18.5 Å². The molecule has 1 aromatic carbocycles. The molecule has 1 heterocycles. The molecule has 1 aromatic rings. The van der Waals surface area contributed by atoms with E-state index in [1.165, 1.54) is 17.9 Å². The second-order valence-corrected chi connectivity index (χ2v) is 4.41. The zero-order valence-electron chi connectivity index (χ0n) is 10.4. The summed E-state index contributed by atoms with van der Waals surface area (Å²) in [5, 5.41) is 0. The predicted octanol–water partition coefficient (Wildman–Crippen LogP) is 2.86. The minimum Gasteiger partial charge on any atom is -0.497 e. The van der Waals surface area contributed by atoms with E-state index in [1.807, 2.05) is 30.3 Å². The van der Waals surface area contributed by atoms with Crippen LogP contribution < -0.4 is 0 Å². The van der Waals surface area contributed by atoms with Crippen molar-refractivity contribution < 1.29 is 14.3 Å². The summed E-state index contributed by atoms with van der Waals surface area (Å²) in [5.41, 5.74) is 1.18. The third-order valence-electron chi connectivity index (χ3n) is 2.88. The Labute approximate surface area is 107 Å². The lowest BCUT2D eigenvalue weighted by atomic mass is 10.1. The van der Waals surface area contributed by atoms with Gasteiger partial charge in [-0.3, -0.25) is 4.79 Å². The molecule has 0 amide bonds. The Morgan fingerprint density at radius 2 is 2.11 bits per heavy atom. The summed E-state index contributed by atoms with van der Waals surface area (Å²) >= 11 is 0. The van der Waals surface area contributed by atoms with E-state index in [0.717, 1.165) is 12.8 Å². The molecule has 0 spiro atoms. The van der Waals surface area contributed by atoms with Crippen molar-refractivity contribution >= 4 is 5.78 Å². The summed E-state index contributed by atoms with van der Waals surface area (Å²) in [5.74, 6) is 0.149. The molecule has 0 aromatic heterocycles. The van der Waals surface area contributed by atoms with Gasteiger partial charge >= 0.3 is 0 Å². The Kier molecular flexibility index (Phi) is 4.97. The summed E-state index contributed by atoms with van der Waals surface area (Å²) in [6.07, 6.45) is 5.30. The SMILES string of the molecule is O=C1C=CO[C@H](CCCOCc2ccccc2)C1. The Morgan fingerprint density at radius 3 is 2.89 bits per heavy atom. The average Bonchev–Trinajstić information content (AvgIpc) is 2.40. The Balaban J connectivity index is 1.56. The molecule has 1 aliphatic rings. The van der Waals surface area contributed by atoms with Gasteiger partial charge in [-0.2, -0.15) is 0 Å². The molecular weight excluding hydrogens is 228 g/mol. The van der Waals surface area contributed by atoms with Gasteiger partial charge in [0.25, 0.3) is 0 Å². The van der Waals surface area contributed by atoms with Crippen LogP contribution >= 0.6 is 0 Å². The van der Waals surface area contributed by atoms with Crippen LogP contribution in [-0.2, 0) is 20.9 Å². The van der Waals surface area contributed by atoms with E-state index in [1.54, 1.807) is 0 Å². The molecule has 0 radical (unpaired) electrons. The number of ether oxygens (including phenoxy) is 2. The number of carbonyl (C=O) groups is 1. The molecule has 0 saturated carbocycles. The molecule has 0 fully saturated rings. The average molecular weight is 246 g/mol. The van der Waals surface area contributed by atoms with E-state index in [-0.39, 0.29) is 11.9 Å². The van der Waals surface area contributed by atoms with E-state index in [4.69, 9.17) is 9.47 Å². The Hall–Kier alpha value is -1.61. The molecule has 96 valence electrons. The molecular formula is C15H18O3. The standard InChI is InChI=1S/C15H18O3/c16-14-8-10-18-15(11-14)7-4-9-17-12-13-5-2-1-3-6-13/h1-3,5-6,8,10,15H,4,7,9,11-12H2/t15-/m1/s1. The van der Waals surface area contributed by atoms with Crippen LogP contribution in [0.5, 0.6) is 0 Å². The number of benzene rings is 1. The molecule has 0 aliphatic carbocycles. The fourth-order valence-electron chi connectivity index (χ4n) is 1.91. The van der Waals surface area contributed by atoms with E-state index >= 15 is 0 Å². The molecule has 3 nitrogen and oxygen atoms in total. The van der Waals surface area contributed by atoms with Crippen LogP contribution in [0.25, 0.3) is 0 Å². The minimum atomic E-state index is 0.0304. The van der Waals surface area contributed by atoms with E-state index < -0.39 is 0 Å². The second-order valence-electron chi connectivity index (χ2n) is 4.41. The van der Waals surface area contributed by atoms with Gasteiger partial charge in [-0.1, -0.05) is 30.3 Å². The van der Waals surface area contributed by atoms with Crippen molar-refractivity contribution in [3.63, 3.8) is 0 Å². The molecule has 18 heavy (non-hydrogen) atoms. The van der Waals surface area contributed by atoms with Gasteiger partial charge in [-0.15, -0.1) is 0 Å². The molecule has 1 aliphatic heterocycles. The first-order valence-electron chi connectivity index (χ1n) is 6.31. The highest BCUT2D eigenvalue weighted by atomic mass is 16.5. The molecule has 0 N–H and O–H groups in total. The lowest BCUT2D eigenvalue weighted by Gasteiger charge is -2.18. The number of rotatable bonds is 6. The maximum absolute atomic E-state index is 11.1. The highest BCUT2D eigenvalue weighted by Gasteiger charge is 2.15. The van der Waals surface area contributed by atoms with Crippen molar-refractivity contribution in [3.8, 4) is 0 Å². The topological polar surface area (TPSA) is 35.5 Å². The zero-order chi connectivity index (χ0) is 12.6. The summed E-state index contributed by atoms with van der Waals surface area (Å²) in [6.45, 7) is 1.35. The predicted molar refractivity (Wildman–Crippen MR) is 69.0 cm³/mol. The molecule has 0 bridgehead atoms. The van der Waals surface area contributed by atoms with Gasteiger partial charge in [0.1, 0.15) is 6.10 Å². The van der Waals surface area contributed by atoms with Crippen LogP contribution in [0.1, 0.15) is 24.8 Å². The first-order chi connectivity index (χ1) is 8.84. The number of carbonyl (C=O) groups excluding carboxylic acids is 1. The van der Waals surface area contributed by atoms with Gasteiger partial charge in [0.2, 0.25) is 0 Å². The van der Waals surface area contributed by atoms with Crippen LogP contribution in [0.4, 0.5) is 0 Å². The van der Waals surface area contributed by atoms with Gasteiger partial charge in [-0.05, 0) is 18.4 Å². The first-order valence-corrected chi connectivity index (χ1v) is 6.31. The second kappa shape index (κ2) is 6.97. The van der Waals surface area contributed by atoms with Gasteiger partial charge in [0.05, 0.1) is 12.9 Å². The fourth-order valence-corrected chi connectivity index (χ4v) is 1.91. The van der Waals surface area contributed by atoms with Crippen LogP contribution in [0.15, 0.2) is 42.7 Å². The van der Waals surface area contributed by atoms with Crippen molar-refractivity contribution in [3.05, 3.63) is 48.2 Å². The number of hydrogen-bond acceptors (Lipinski definition) is 3. The highest BCUT2D eigenvalue weighted by Crippen LogP contribution is 2.13. The van der Waals surface area contributed by atoms with Gasteiger partial charge in [0, 0.05) is 19.1 Å². The highest BCUT2D eigenvalue weighted by molar-refractivity contribution is 5.90. The van der Waals surface area contributed by atoms with Gasteiger partial charge in [-0.25, -0.2) is 0 Å². The van der Waals surface area contributed by atoms with Crippen molar-refractivity contribution in [2.24, 2.45) is 0 Å². The Morgan fingerprint density at radius 1 is 1.28 bits per heavy atom. The normalized spacial score (nSPS) is 18.7. The maximum Gasteiger partial charge on any atom is 0.162 e. The third kappa shape index (κ3) is 4.34. The Bertz CT molecular complexity index is 397. The van der Waals surface area contributed by atoms with Crippen LogP contribution in [0.2, 0.25) is 0 Å². The summed E-state index contributed by atoms with van der Waals surface area (Å²) in [7, 11) is 0. The summed E-state index contributed by atoms with van der Waals surface area (Å²) in [6, 6.07) is 10.1. The molecule has 2 rings (SSSR count). The third-order valence-corrected chi connectivity index (χ3v) is 2.88. The van der Waals surface area contributed by atoms with E-state index in [9.17, 15) is 4.79 Å². The number of ketones is 1. The number of hydrogen-bond donors (Lipinski definition) is 0. The van der Waals surface area contributed by atoms with Crippen molar-refractivity contribution in [1.82, 2.24) is 0 Å². The van der Waals surface area contributed by atoms with Crippen molar-refractivity contribution in [1.29, 1.82) is 0 Å². The zero-order valence-corrected chi connectivity index (χ0v) is 10.4. The van der Waals surface area contributed by atoms with E-state index in [0.29, 0.717) is 19.6 Å². The first kappa shape index (κ1) is 12.8. The summed E-state index contributed by atoms with van der Waals surface area (Å²) < 4.78 is 10.9. The quantitative estimate of drug-likeness (QED) is 0.724. The van der Waals surface area contributed by atoms with Crippen molar-refractivity contribution in [2.45, 2.75) is 32.0 Å². The fraction of sp³-hybridized carbons (Fsp3) is 0.400. The summed E-state index contributed by atoms with van der Waals surface area (Å²) in [4.78, 5) is 11.1. The number of allylic oxidation sites excluding steroid dienone is 1. The van der Waals surface area contributed by atoms with Gasteiger partial charge < -0.3 is 9.47 Å². The molecule has 1 atom stereocenters. The van der Waals surface area contributed by atoms with Crippen LogP contribution in [0, 0.1) is 0 Å². The lowest BCUT2D eigenvalue weighted by Crippen LogP contribution is -2.19. The minimum absolute atomic E-state index is 0.0304. The molecule has 0 unspecified atom stereocenters. The lowest BCUT2D eigenvalue weighted by molar-refractivity contribution is -0.118. The van der Waals surface area contributed by atoms with Crippen molar-refractivity contribution in [2.75, 3.05) is 6.61 Å². The van der Waals surface area contributed by atoms with Gasteiger partial charge in [0.15, 0.2) is 5.78 Å². The molecule has 3 heteroatoms. The van der Waals surface area contributed by atoms with Crippen LogP contribution in [0.3, 0.4) is 0 Å². The smallest absolute Gasteiger partial charge is 0.162 e. The monoisotopic (exact) mass is 246 g/mol. The van der Waals surface area contributed by atoms with E-state index in [2.05, 4.69) is 0 Å². The maximum atomic E-state index is 11.1. The molecule has 0 saturated heterocycles. The largest absolute Gasteiger partial charge is 0.497 e.